The normalized spacial score (nSPS) is 19.6. The van der Waals surface area contributed by atoms with Gasteiger partial charge in [-0.1, -0.05) is 6.08 Å². The van der Waals surface area contributed by atoms with Crippen molar-refractivity contribution in [1.29, 1.82) is 0 Å². The molecule has 0 aliphatic heterocycles. The molecule has 0 aromatic carbocycles. The Kier molecular flexibility index (Phi) is 3.69. The summed E-state index contributed by atoms with van der Waals surface area (Å²) in [5.41, 5.74) is 0. The third kappa shape index (κ3) is 3.40. The Morgan fingerprint density at radius 1 is 1.64 bits per heavy atom. The van der Waals surface area contributed by atoms with Gasteiger partial charge in [0, 0.05) is 12.6 Å². The van der Waals surface area contributed by atoms with Crippen molar-refractivity contribution in [2.45, 2.75) is 32.2 Å². The molecule has 5 heteroatoms. The first-order chi connectivity index (χ1) is 6.45. The van der Waals surface area contributed by atoms with Crippen LogP contribution in [0.3, 0.4) is 0 Å². The molecule has 1 aliphatic carbocycles. The minimum absolute atomic E-state index is 0.0805. The molecule has 1 saturated carbocycles. The van der Waals surface area contributed by atoms with E-state index in [0.717, 1.165) is 12.8 Å². The van der Waals surface area contributed by atoms with E-state index in [1.807, 2.05) is 6.92 Å². The summed E-state index contributed by atoms with van der Waals surface area (Å²) >= 11 is 0. The molecule has 0 radical (unpaired) electrons. The van der Waals surface area contributed by atoms with Gasteiger partial charge in [-0.3, -0.25) is 0 Å². The fourth-order valence-electron chi connectivity index (χ4n) is 1.45. The second-order valence-electron chi connectivity index (χ2n) is 3.93. The van der Waals surface area contributed by atoms with Crippen LogP contribution in [0.4, 0.5) is 0 Å². The molecule has 0 aromatic heterocycles. The second-order valence-corrected chi connectivity index (χ2v) is 5.43. The number of nitrogens with zero attached hydrogens (tertiary/aromatic N) is 1. The number of rotatable bonds is 6. The van der Waals surface area contributed by atoms with E-state index < -0.39 is 10.2 Å². The van der Waals surface area contributed by atoms with E-state index in [-0.39, 0.29) is 6.04 Å². The van der Waals surface area contributed by atoms with E-state index in [2.05, 4.69) is 6.58 Å². The lowest BCUT2D eigenvalue weighted by atomic mass is 10.2. The largest absolute Gasteiger partial charge is 0.277 e. The highest BCUT2D eigenvalue weighted by atomic mass is 32.2. The molecule has 1 unspecified atom stereocenters. The smallest absolute Gasteiger partial charge is 0.216 e. The Hall–Kier alpha value is -0.390. The third-order valence-electron chi connectivity index (χ3n) is 2.46. The van der Waals surface area contributed by atoms with Gasteiger partial charge in [0.05, 0.1) is 0 Å². The van der Waals surface area contributed by atoms with Crippen LogP contribution in [0.5, 0.6) is 0 Å². The Bertz CT molecular complexity index is 296. The number of nitrogens with two attached hydrogens (primary N) is 1. The first-order valence-corrected chi connectivity index (χ1v) is 6.36. The standard InChI is InChI=1S/C9H18N2O2S/c1-3-4-8(2)11(14(10,12)13)7-9-5-6-9/h3,8-9H,1,4-7H2,2H3,(H2,10,12,13). The van der Waals surface area contributed by atoms with Crippen molar-refractivity contribution < 1.29 is 8.42 Å². The molecule has 1 fully saturated rings. The summed E-state index contributed by atoms with van der Waals surface area (Å²) in [5, 5.41) is 5.15. The SMILES string of the molecule is C=CCC(C)N(CC1CC1)S(N)(=O)=O. The van der Waals surface area contributed by atoms with E-state index in [1.165, 1.54) is 4.31 Å². The molecule has 0 amide bonds. The summed E-state index contributed by atoms with van der Waals surface area (Å²) in [6.45, 7) is 6.02. The average Bonchev–Trinajstić information content (AvgIpc) is 2.81. The number of hydrogen-bond donors (Lipinski definition) is 1. The van der Waals surface area contributed by atoms with E-state index in [9.17, 15) is 8.42 Å². The van der Waals surface area contributed by atoms with Gasteiger partial charge >= 0.3 is 0 Å². The molecular weight excluding hydrogens is 200 g/mol. The van der Waals surface area contributed by atoms with Crippen molar-refractivity contribution in [3.05, 3.63) is 12.7 Å². The summed E-state index contributed by atoms with van der Waals surface area (Å²) in [5.74, 6) is 0.514. The molecular formula is C9H18N2O2S. The zero-order chi connectivity index (χ0) is 10.8. The second kappa shape index (κ2) is 4.42. The minimum Gasteiger partial charge on any atom is -0.216 e. The Morgan fingerprint density at radius 2 is 2.21 bits per heavy atom. The maximum atomic E-state index is 11.3. The molecule has 0 bridgehead atoms. The molecule has 1 rings (SSSR count). The van der Waals surface area contributed by atoms with Crippen LogP contribution in [0.15, 0.2) is 12.7 Å². The van der Waals surface area contributed by atoms with Crippen LogP contribution in [-0.2, 0) is 10.2 Å². The third-order valence-corrected chi connectivity index (χ3v) is 3.62. The summed E-state index contributed by atoms with van der Waals surface area (Å²) < 4.78 is 23.9. The highest BCUT2D eigenvalue weighted by Gasteiger charge is 2.31. The van der Waals surface area contributed by atoms with Gasteiger partial charge < -0.3 is 0 Å². The van der Waals surface area contributed by atoms with Crippen LogP contribution < -0.4 is 5.14 Å². The van der Waals surface area contributed by atoms with Crippen molar-refractivity contribution in [2.24, 2.45) is 11.1 Å². The molecule has 0 aromatic rings. The first kappa shape index (κ1) is 11.7. The van der Waals surface area contributed by atoms with Crippen molar-refractivity contribution in [2.75, 3.05) is 6.54 Å². The van der Waals surface area contributed by atoms with Crippen molar-refractivity contribution >= 4 is 10.2 Å². The van der Waals surface area contributed by atoms with Gasteiger partial charge in [0.25, 0.3) is 10.2 Å². The lowest BCUT2D eigenvalue weighted by Gasteiger charge is -2.25. The highest BCUT2D eigenvalue weighted by molar-refractivity contribution is 7.86. The van der Waals surface area contributed by atoms with Gasteiger partial charge in [0.15, 0.2) is 0 Å². The Labute approximate surface area is 86.0 Å². The van der Waals surface area contributed by atoms with Crippen molar-refractivity contribution in [1.82, 2.24) is 4.31 Å². The van der Waals surface area contributed by atoms with Gasteiger partial charge in [-0.15, -0.1) is 6.58 Å². The van der Waals surface area contributed by atoms with E-state index in [4.69, 9.17) is 5.14 Å². The van der Waals surface area contributed by atoms with Crippen LogP contribution >= 0.6 is 0 Å². The zero-order valence-corrected chi connectivity index (χ0v) is 9.33. The molecule has 1 atom stereocenters. The predicted octanol–water partition coefficient (Wildman–Crippen LogP) is 0.867. The molecule has 1 aliphatic rings. The minimum atomic E-state index is -3.56. The maximum Gasteiger partial charge on any atom is 0.277 e. The Morgan fingerprint density at radius 3 is 2.57 bits per heavy atom. The molecule has 2 N–H and O–H groups in total. The highest BCUT2D eigenvalue weighted by Crippen LogP contribution is 2.31. The van der Waals surface area contributed by atoms with Gasteiger partial charge in [-0.05, 0) is 32.1 Å². The lowest BCUT2D eigenvalue weighted by molar-refractivity contribution is 0.326. The summed E-state index contributed by atoms with van der Waals surface area (Å²) in [6, 6.07) is -0.0805. The van der Waals surface area contributed by atoms with E-state index in [1.54, 1.807) is 6.08 Å². The fourth-order valence-corrected chi connectivity index (χ4v) is 2.45. The van der Waals surface area contributed by atoms with Gasteiger partial charge in [-0.2, -0.15) is 12.7 Å². The topological polar surface area (TPSA) is 63.4 Å². The van der Waals surface area contributed by atoms with Gasteiger partial charge in [0.1, 0.15) is 0 Å². The first-order valence-electron chi connectivity index (χ1n) is 4.85. The predicted molar refractivity (Wildman–Crippen MR) is 56.8 cm³/mol. The molecule has 82 valence electrons. The van der Waals surface area contributed by atoms with Crippen LogP contribution in [0.2, 0.25) is 0 Å². The maximum absolute atomic E-state index is 11.3. The van der Waals surface area contributed by atoms with E-state index >= 15 is 0 Å². The molecule has 0 spiro atoms. The zero-order valence-electron chi connectivity index (χ0n) is 8.52. The quantitative estimate of drug-likeness (QED) is 0.672. The monoisotopic (exact) mass is 218 g/mol. The lowest BCUT2D eigenvalue weighted by Crippen LogP contribution is -2.43. The summed E-state index contributed by atoms with van der Waals surface area (Å²) in [6.07, 6.45) is 4.60. The average molecular weight is 218 g/mol. The molecule has 0 heterocycles. The van der Waals surface area contributed by atoms with Crippen LogP contribution in [0, 0.1) is 5.92 Å². The Balaban J connectivity index is 2.64. The molecule has 14 heavy (non-hydrogen) atoms. The summed E-state index contributed by atoms with van der Waals surface area (Å²) in [4.78, 5) is 0. The fraction of sp³-hybridized carbons (Fsp3) is 0.778. The van der Waals surface area contributed by atoms with Crippen molar-refractivity contribution in [3.63, 3.8) is 0 Å². The summed E-state index contributed by atoms with van der Waals surface area (Å²) in [7, 11) is -3.56. The van der Waals surface area contributed by atoms with Gasteiger partial charge in [0.2, 0.25) is 0 Å². The van der Waals surface area contributed by atoms with Crippen LogP contribution in [-0.4, -0.2) is 25.3 Å². The van der Waals surface area contributed by atoms with Gasteiger partial charge in [-0.25, -0.2) is 5.14 Å². The molecule has 4 nitrogen and oxygen atoms in total. The van der Waals surface area contributed by atoms with Crippen LogP contribution in [0.1, 0.15) is 26.2 Å². The number of hydrogen-bond acceptors (Lipinski definition) is 2. The van der Waals surface area contributed by atoms with Crippen molar-refractivity contribution in [3.8, 4) is 0 Å². The molecule has 0 saturated heterocycles. The van der Waals surface area contributed by atoms with E-state index in [0.29, 0.717) is 18.9 Å². The van der Waals surface area contributed by atoms with Crippen LogP contribution in [0.25, 0.3) is 0 Å².